The zero-order valence-electron chi connectivity index (χ0n) is 11.4. The molecule has 0 unspecified atom stereocenters. The molecule has 3 heterocycles. The summed E-state index contributed by atoms with van der Waals surface area (Å²) >= 11 is 0. The number of rotatable bonds is 4. The zero-order chi connectivity index (χ0) is 14.5. The Morgan fingerprint density at radius 1 is 1.48 bits per heavy atom. The molecule has 0 N–H and O–H groups in total. The highest BCUT2D eigenvalue weighted by atomic mass is 16.5. The topological polar surface area (TPSA) is 68.5 Å². The number of amides is 1. The van der Waals surface area contributed by atoms with Crippen molar-refractivity contribution in [2.75, 3.05) is 13.1 Å². The SMILES string of the molecule is O=C(/C=C/c1ccco1)N1CC[C@@H](Oc2cnccn2)C1. The normalized spacial score (nSPS) is 18.3. The molecule has 1 fully saturated rings. The molecule has 0 bridgehead atoms. The van der Waals surface area contributed by atoms with Gasteiger partial charge < -0.3 is 14.1 Å². The van der Waals surface area contributed by atoms with Gasteiger partial charge in [0.1, 0.15) is 11.9 Å². The Kier molecular flexibility index (Phi) is 3.95. The van der Waals surface area contributed by atoms with Crippen LogP contribution in [0.1, 0.15) is 12.2 Å². The van der Waals surface area contributed by atoms with E-state index in [0.717, 1.165) is 6.42 Å². The summed E-state index contributed by atoms with van der Waals surface area (Å²) in [5.74, 6) is 1.11. The first-order valence-corrected chi connectivity index (χ1v) is 6.74. The van der Waals surface area contributed by atoms with E-state index >= 15 is 0 Å². The van der Waals surface area contributed by atoms with Gasteiger partial charge in [0, 0.05) is 31.4 Å². The lowest BCUT2D eigenvalue weighted by Gasteiger charge is -2.14. The van der Waals surface area contributed by atoms with Gasteiger partial charge in [0.2, 0.25) is 11.8 Å². The Hall–Kier alpha value is -2.63. The quantitative estimate of drug-likeness (QED) is 0.801. The number of carbonyl (C=O) groups excluding carboxylic acids is 1. The second-order valence-electron chi connectivity index (χ2n) is 4.71. The monoisotopic (exact) mass is 285 g/mol. The molecule has 21 heavy (non-hydrogen) atoms. The molecule has 1 aliphatic rings. The average molecular weight is 285 g/mol. The standard InChI is InChI=1S/C15H15N3O3/c19-15(4-3-12-2-1-9-20-12)18-8-5-13(11-18)21-14-10-16-6-7-17-14/h1-4,6-7,9-10,13H,5,8,11H2/b4-3+/t13-/m1/s1. The highest BCUT2D eigenvalue weighted by Gasteiger charge is 2.26. The third-order valence-electron chi connectivity index (χ3n) is 3.22. The summed E-state index contributed by atoms with van der Waals surface area (Å²) in [5.41, 5.74) is 0. The summed E-state index contributed by atoms with van der Waals surface area (Å²) in [5, 5.41) is 0. The van der Waals surface area contributed by atoms with E-state index in [4.69, 9.17) is 9.15 Å². The first-order valence-electron chi connectivity index (χ1n) is 6.74. The maximum Gasteiger partial charge on any atom is 0.246 e. The van der Waals surface area contributed by atoms with E-state index in [2.05, 4.69) is 9.97 Å². The molecule has 3 rings (SSSR count). The molecule has 108 valence electrons. The maximum atomic E-state index is 12.1. The van der Waals surface area contributed by atoms with E-state index in [9.17, 15) is 4.79 Å². The summed E-state index contributed by atoms with van der Waals surface area (Å²) in [7, 11) is 0. The van der Waals surface area contributed by atoms with Gasteiger partial charge in [0.25, 0.3) is 0 Å². The van der Waals surface area contributed by atoms with Gasteiger partial charge in [-0.2, -0.15) is 0 Å². The lowest BCUT2D eigenvalue weighted by molar-refractivity contribution is -0.125. The highest BCUT2D eigenvalue weighted by Crippen LogP contribution is 2.16. The van der Waals surface area contributed by atoms with E-state index in [-0.39, 0.29) is 12.0 Å². The Bertz CT molecular complexity index is 610. The van der Waals surface area contributed by atoms with E-state index in [0.29, 0.717) is 24.7 Å². The summed E-state index contributed by atoms with van der Waals surface area (Å²) in [6, 6.07) is 3.58. The molecule has 1 amide bonds. The average Bonchev–Trinajstić information content (AvgIpc) is 3.17. The van der Waals surface area contributed by atoms with Crippen LogP contribution in [0.5, 0.6) is 5.88 Å². The summed E-state index contributed by atoms with van der Waals surface area (Å²) in [6.07, 6.45) is 10.3. The third-order valence-corrected chi connectivity index (χ3v) is 3.22. The van der Waals surface area contributed by atoms with Crippen LogP contribution in [-0.4, -0.2) is 40.0 Å². The summed E-state index contributed by atoms with van der Waals surface area (Å²) < 4.78 is 10.8. The molecular formula is C15H15N3O3. The number of ether oxygens (including phenoxy) is 1. The lowest BCUT2D eigenvalue weighted by atomic mass is 10.3. The molecular weight excluding hydrogens is 270 g/mol. The first-order chi connectivity index (χ1) is 10.3. The van der Waals surface area contributed by atoms with Crippen LogP contribution < -0.4 is 4.74 Å². The Balaban J connectivity index is 1.53. The zero-order valence-corrected chi connectivity index (χ0v) is 11.4. The second-order valence-corrected chi connectivity index (χ2v) is 4.71. The smallest absolute Gasteiger partial charge is 0.246 e. The van der Waals surface area contributed by atoms with E-state index in [1.165, 1.54) is 6.08 Å². The van der Waals surface area contributed by atoms with Crippen LogP contribution >= 0.6 is 0 Å². The van der Waals surface area contributed by atoms with Gasteiger partial charge in [-0.25, -0.2) is 4.98 Å². The van der Waals surface area contributed by atoms with Crippen LogP contribution in [0.25, 0.3) is 6.08 Å². The van der Waals surface area contributed by atoms with Crippen LogP contribution in [0, 0.1) is 0 Å². The van der Waals surface area contributed by atoms with E-state index in [1.54, 1.807) is 48.0 Å². The lowest BCUT2D eigenvalue weighted by Crippen LogP contribution is -2.29. The fraction of sp³-hybridized carbons (Fsp3) is 0.267. The molecule has 0 aliphatic carbocycles. The van der Waals surface area contributed by atoms with Crippen molar-refractivity contribution in [3.8, 4) is 5.88 Å². The largest absolute Gasteiger partial charge is 0.471 e. The predicted octanol–water partition coefficient (Wildman–Crippen LogP) is 1.76. The molecule has 1 atom stereocenters. The van der Waals surface area contributed by atoms with Gasteiger partial charge in [0.15, 0.2) is 0 Å². The van der Waals surface area contributed by atoms with Crippen molar-refractivity contribution < 1.29 is 13.9 Å². The number of aromatic nitrogens is 2. The summed E-state index contributed by atoms with van der Waals surface area (Å²) in [6.45, 7) is 1.23. The highest BCUT2D eigenvalue weighted by molar-refractivity contribution is 5.91. The van der Waals surface area contributed by atoms with Crippen LogP contribution in [0.3, 0.4) is 0 Å². The molecule has 6 heteroatoms. The van der Waals surface area contributed by atoms with E-state index in [1.807, 2.05) is 0 Å². The molecule has 1 saturated heterocycles. The molecule has 0 spiro atoms. The number of furan rings is 1. The molecule has 2 aromatic heterocycles. The number of nitrogens with zero attached hydrogens (tertiary/aromatic N) is 3. The van der Waals surface area contributed by atoms with Crippen molar-refractivity contribution in [1.82, 2.24) is 14.9 Å². The number of carbonyl (C=O) groups is 1. The second kappa shape index (κ2) is 6.21. The Labute approximate surface area is 122 Å². The fourth-order valence-corrected chi connectivity index (χ4v) is 2.19. The van der Waals surface area contributed by atoms with Crippen molar-refractivity contribution in [3.63, 3.8) is 0 Å². The predicted molar refractivity (Wildman–Crippen MR) is 75.4 cm³/mol. The number of likely N-dealkylation sites (tertiary alicyclic amines) is 1. The Morgan fingerprint density at radius 3 is 3.19 bits per heavy atom. The van der Waals surface area contributed by atoms with Gasteiger partial charge in [-0.15, -0.1) is 0 Å². The van der Waals surface area contributed by atoms with Gasteiger partial charge in [0.05, 0.1) is 19.0 Å². The Morgan fingerprint density at radius 2 is 2.43 bits per heavy atom. The maximum absolute atomic E-state index is 12.1. The minimum atomic E-state index is -0.0448. The molecule has 2 aromatic rings. The third kappa shape index (κ3) is 3.47. The molecule has 6 nitrogen and oxygen atoms in total. The minimum absolute atomic E-state index is 0.0392. The number of hydrogen-bond acceptors (Lipinski definition) is 5. The minimum Gasteiger partial charge on any atom is -0.471 e. The van der Waals surface area contributed by atoms with E-state index < -0.39 is 0 Å². The van der Waals surface area contributed by atoms with Crippen molar-refractivity contribution in [2.45, 2.75) is 12.5 Å². The molecule has 0 aromatic carbocycles. The molecule has 0 saturated carbocycles. The van der Waals surface area contributed by atoms with Crippen LogP contribution in [0.2, 0.25) is 0 Å². The molecule has 0 radical (unpaired) electrons. The van der Waals surface area contributed by atoms with Crippen molar-refractivity contribution in [2.24, 2.45) is 0 Å². The van der Waals surface area contributed by atoms with Crippen molar-refractivity contribution in [1.29, 1.82) is 0 Å². The van der Waals surface area contributed by atoms with Gasteiger partial charge in [-0.05, 0) is 18.2 Å². The molecule has 1 aliphatic heterocycles. The van der Waals surface area contributed by atoms with Gasteiger partial charge in [-0.3, -0.25) is 9.78 Å². The van der Waals surface area contributed by atoms with Crippen molar-refractivity contribution in [3.05, 3.63) is 48.8 Å². The summed E-state index contributed by atoms with van der Waals surface area (Å²) in [4.78, 5) is 21.8. The van der Waals surface area contributed by atoms with Gasteiger partial charge >= 0.3 is 0 Å². The van der Waals surface area contributed by atoms with Crippen LogP contribution in [-0.2, 0) is 4.79 Å². The van der Waals surface area contributed by atoms with Crippen molar-refractivity contribution >= 4 is 12.0 Å². The van der Waals surface area contributed by atoms with Crippen LogP contribution in [0.4, 0.5) is 0 Å². The number of hydrogen-bond donors (Lipinski definition) is 0. The van der Waals surface area contributed by atoms with Crippen LogP contribution in [0.15, 0.2) is 47.5 Å². The fourth-order valence-electron chi connectivity index (χ4n) is 2.19. The van der Waals surface area contributed by atoms with Gasteiger partial charge in [-0.1, -0.05) is 0 Å². The first kappa shape index (κ1) is 13.4.